The van der Waals surface area contributed by atoms with E-state index in [9.17, 15) is 9.18 Å². The molecule has 122 valence electrons. The number of esters is 1. The Hall–Kier alpha value is -1.66. The highest BCUT2D eigenvalue weighted by Gasteiger charge is 2.17. The van der Waals surface area contributed by atoms with Crippen molar-refractivity contribution in [2.45, 2.75) is 19.4 Å². The van der Waals surface area contributed by atoms with Crippen molar-refractivity contribution in [3.05, 3.63) is 29.6 Å². The summed E-state index contributed by atoms with van der Waals surface area (Å²) in [5.41, 5.74) is 0.306. The van der Waals surface area contributed by atoms with E-state index in [0.717, 1.165) is 26.3 Å². The van der Waals surface area contributed by atoms with E-state index in [1.54, 1.807) is 12.1 Å². The predicted molar refractivity (Wildman–Crippen MR) is 79.5 cm³/mol. The second kappa shape index (κ2) is 8.10. The van der Waals surface area contributed by atoms with Gasteiger partial charge in [0.1, 0.15) is 18.2 Å². The maximum atomic E-state index is 13.9. The van der Waals surface area contributed by atoms with Crippen molar-refractivity contribution in [2.75, 3.05) is 40.0 Å². The van der Waals surface area contributed by atoms with Gasteiger partial charge in [-0.1, -0.05) is 6.07 Å². The van der Waals surface area contributed by atoms with E-state index in [1.165, 1.54) is 13.2 Å². The third kappa shape index (κ3) is 4.68. The standard InChI is InChI=1S/C16H22FNO4/c1-12(18-5-7-21-8-6-18)11-22-14-4-3-13(15(17)10-14)9-16(19)20-2/h3-4,10,12H,5-9,11H2,1-2H3/t12-/m0/s1. The van der Waals surface area contributed by atoms with E-state index in [-0.39, 0.29) is 12.5 Å². The van der Waals surface area contributed by atoms with Crippen molar-refractivity contribution in [1.29, 1.82) is 0 Å². The van der Waals surface area contributed by atoms with Gasteiger partial charge in [-0.15, -0.1) is 0 Å². The second-order valence-electron chi connectivity index (χ2n) is 5.31. The van der Waals surface area contributed by atoms with E-state index in [1.807, 2.05) is 0 Å². The van der Waals surface area contributed by atoms with E-state index >= 15 is 0 Å². The van der Waals surface area contributed by atoms with Crippen LogP contribution in [0.2, 0.25) is 0 Å². The summed E-state index contributed by atoms with van der Waals surface area (Å²) in [7, 11) is 1.28. The highest BCUT2D eigenvalue weighted by molar-refractivity contribution is 5.72. The molecule has 1 aromatic carbocycles. The van der Waals surface area contributed by atoms with E-state index in [4.69, 9.17) is 9.47 Å². The molecule has 5 nitrogen and oxygen atoms in total. The number of benzene rings is 1. The maximum Gasteiger partial charge on any atom is 0.310 e. The van der Waals surface area contributed by atoms with Gasteiger partial charge in [0.2, 0.25) is 0 Å². The van der Waals surface area contributed by atoms with Gasteiger partial charge in [0.15, 0.2) is 0 Å². The maximum absolute atomic E-state index is 13.9. The minimum atomic E-state index is -0.464. The Bertz CT molecular complexity index is 503. The number of hydrogen-bond acceptors (Lipinski definition) is 5. The van der Waals surface area contributed by atoms with Crippen LogP contribution in [0.25, 0.3) is 0 Å². The molecule has 0 aromatic heterocycles. The van der Waals surface area contributed by atoms with Gasteiger partial charge in [0, 0.05) is 25.2 Å². The summed E-state index contributed by atoms with van der Waals surface area (Å²) >= 11 is 0. The lowest BCUT2D eigenvalue weighted by molar-refractivity contribution is -0.139. The van der Waals surface area contributed by atoms with Crippen molar-refractivity contribution < 1.29 is 23.4 Å². The summed E-state index contributed by atoms with van der Waals surface area (Å²) in [5, 5.41) is 0. The molecule has 22 heavy (non-hydrogen) atoms. The van der Waals surface area contributed by atoms with Gasteiger partial charge in [-0.3, -0.25) is 9.69 Å². The van der Waals surface area contributed by atoms with Crippen molar-refractivity contribution in [1.82, 2.24) is 4.90 Å². The first kappa shape index (κ1) is 16.7. The number of rotatable bonds is 6. The molecule has 1 aliphatic rings. The molecule has 1 atom stereocenters. The Morgan fingerprint density at radius 3 is 2.77 bits per heavy atom. The molecule has 2 rings (SSSR count). The molecule has 0 bridgehead atoms. The van der Waals surface area contributed by atoms with Gasteiger partial charge < -0.3 is 14.2 Å². The third-order valence-corrected chi connectivity index (χ3v) is 3.75. The zero-order chi connectivity index (χ0) is 15.9. The molecule has 1 aliphatic heterocycles. The number of morpholine rings is 1. The minimum Gasteiger partial charge on any atom is -0.492 e. The number of hydrogen-bond donors (Lipinski definition) is 0. The zero-order valence-electron chi connectivity index (χ0n) is 13.0. The van der Waals surface area contributed by atoms with Crippen molar-refractivity contribution in [3.8, 4) is 5.75 Å². The van der Waals surface area contributed by atoms with Crippen LogP contribution in [-0.2, 0) is 20.7 Å². The molecule has 0 N–H and O–H groups in total. The molecule has 0 amide bonds. The predicted octanol–water partition coefficient (Wildman–Crippen LogP) is 1.64. The Balaban J connectivity index is 1.87. The van der Waals surface area contributed by atoms with Crippen LogP contribution in [-0.4, -0.2) is 56.9 Å². The van der Waals surface area contributed by atoms with E-state index in [2.05, 4.69) is 16.6 Å². The first-order chi connectivity index (χ1) is 10.6. The van der Waals surface area contributed by atoms with Crippen LogP contribution >= 0.6 is 0 Å². The van der Waals surface area contributed by atoms with E-state index in [0.29, 0.717) is 17.9 Å². The monoisotopic (exact) mass is 311 g/mol. The summed E-state index contributed by atoms with van der Waals surface area (Å²) in [6.07, 6.45) is -0.0766. The van der Waals surface area contributed by atoms with Gasteiger partial charge in [0.25, 0.3) is 0 Å². The van der Waals surface area contributed by atoms with Gasteiger partial charge in [-0.25, -0.2) is 4.39 Å². The molecule has 1 fully saturated rings. The molecule has 6 heteroatoms. The quantitative estimate of drug-likeness (QED) is 0.748. The highest BCUT2D eigenvalue weighted by Crippen LogP contribution is 2.18. The molecule has 0 saturated carbocycles. The molecule has 0 spiro atoms. The fourth-order valence-electron chi connectivity index (χ4n) is 2.33. The average Bonchev–Trinajstić information content (AvgIpc) is 2.55. The van der Waals surface area contributed by atoms with Gasteiger partial charge in [-0.05, 0) is 18.6 Å². The summed E-state index contributed by atoms with van der Waals surface area (Å²) in [6, 6.07) is 4.78. The largest absolute Gasteiger partial charge is 0.492 e. The number of halogens is 1. The molecule has 0 unspecified atom stereocenters. The number of methoxy groups -OCH3 is 1. The Labute approximate surface area is 130 Å². The fraction of sp³-hybridized carbons (Fsp3) is 0.562. The zero-order valence-corrected chi connectivity index (χ0v) is 13.0. The van der Waals surface area contributed by atoms with Crippen LogP contribution in [0.3, 0.4) is 0 Å². The minimum absolute atomic E-state index is 0.0766. The van der Waals surface area contributed by atoms with Gasteiger partial charge in [-0.2, -0.15) is 0 Å². The van der Waals surface area contributed by atoms with E-state index < -0.39 is 11.8 Å². The smallest absolute Gasteiger partial charge is 0.310 e. The number of carbonyl (C=O) groups is 1. The average molecular weight is 311 g/mol. The number of nitrogens with zero attached hydrogens (tertiary/aromatic N) is 1. The van der Waals surface area contributed by atoms with Crippen molar-refractivity contribution in [2.24, 2.45) is 0 Å². The van der Waals surface area contributed by atoms with Gasteiger partial charge >= 0.3 is 5.97 Å². The number of ether oxygens (including phenoxy) is 3. The molecular formula is C16H22FNO4. The molecule has 1 aromatic rings. The molecule has 1 saturated heterocycles. The normalized spacial score (nSPS) is 17.0. The fourth-order valence-corrected chi connectivity index (χ4v) is 2.33. The molecule has 0 aliphatic carbocycles. The third-order valence-electron chi connectivity index (χ3n) is 3.75. The molecule has 0 radical (unpaired) electrons. The summed E-state index contributed by atoms with van der Waals surface area (Å²) in [6.45, 7) is 5.80. The van der Waals surface area contributed by atoms with Crippen molar-refractivity contribution >= 4 is 5.97 Å². The lowest BCUT2D eigenvalue weighted by atomic mass is 10.1. The summed E-state index contributed by atoms with van der Waals surface area (Å²) in [5.74, 6) is -0.457. The first-order valence-corrected chi connectivity index (χ1v) is 7.40. The lowest BCUT2D eigenvalue weighted by Crippen LogP contribution is -2.44. The Morgan fingerprint density at radius 2 is 2.14 bits per heavy atom. The SMILES string of the molecule is COC(=O)Cc1ccc(OC[C@H](C)N2CCOCC2)cc1F. The Morgan fingerprint density at radius 1 is 1.41 bits per heavy atom. The van der Waals surface area contributed by atoms with Crippen LogP contribution in [0.1, 0.15) is 12.5 Å². The van der Waals surface area contributed by atoms with Crippen molar-refractivity contribution in [3.63, 3.8) is 0 Å². The molecular weight excluding hydrogens is 289 g/mol. The van der Waals surface area contributed by atoms with Gasteiger partial charge in [0.05, 0.1) is 26.7 Å². The summed E-state index contributed by atoms with van der Waals surface area (Å²) < 4.78 is 29.4. The van der Waals surface area contributed by atoms with Crippen LogP contribution in [0.4, 0.5) is 4.39 Å². The summed E-state index contributed by atoms with van der Waals surface area (Å²) in [4.78, 5) is 13.5. The first-order valence-electron chi connectivity index (χ1n) is 7.40. The highest BCUT2D eigenvalue weighted by atomic mass is 19.1. The number of carbonyl (C=O) groups excluding carboxylic acids is 1. The van der Waals surface area contributed by atoms with Crippen LogP contribution in [0.15, 0.2) is 18.2 Å². The van der Waals surface area contributed by atoms with Crippen LogP contribution < -0.4 is 4.74 Å². The van der Waals surface area contributed by atoms with Crippen LogP contribution in [0, 0.1) is 5.82 Å². The topological polar surface area (TPSA) is 48.0 Å². The van der Waals surface area contributed by atoms with Crippen LogP contribution in [0.5, 0.6) is 5.75 Å². The Kier molecular flexibility index (Phi) is 6.15. The lowest BCUT2D eigenvalue weighted by Gasteiger charge is -2.32. The second-order valence-corrected chi connectivity index (χ2v) is 5.31. The molecule has 1 heterocycles.